The fraction of sp³-hybridized carbons (Fsp3) is 0.500. The Morgan fingerprint density at radius 1 is 1.35 bits per heavy atom. The van der Waals surface area contributed by atoms with Crippen LogP contribution in [0.3, 0.4) is 0 Å². The molecule has 0 saturated carbocycles. The Morgan fingerprint density at radius 2 is 2.06 bits per heavy atom. The van der Waals surface area contributed by atoms with Crippen molar-refractivity contribution in [1.82, 2.24) is 0 Å². The molecule has 0 amide bonds. The third kappa shape index (κ3) is 4.10. The third-order valence-electron chi connectivity index (χ3n) is 3.04. The fourth-order valence-corrected chi connectivity index (χ4v) is 1.61. The van der Waals surface area contributed by atoms with Crippen molar-refractivity contribution in [3.05, 3.63) is 29.8 Å². The van der Waals surface area contributed by atoms with Gasteiger partial charge in [0, 0.05) is 5.56 Å². The summed E-state index contributed by atoms with van der Waals surface area (Å²) in [6.07, 6.45) is 2.26. The zero-order chi connectivity index (χ0) is 12.7. The van der Waals surface area contributed by atoms with Gasteiger partial charge in [-0.25, -0.2) is 0 Å². The lowest BCUT2D eigenvalue weighted by Gasteiger charge is -2.14. The Morgan fingerprint density at radius 3 is 2.65 bits per heavy atom. The van der Waals surface area contributed by atoms with Crippen LogP contribution in [0.15, 0.2) is 29.4 Å². The molecule has 3 nitrogen and oxygen atoms in total. The summed E-state index contributed by atoms with van der Waals surface area (Å²) in [7, 11) is 0. The van der Waals surface area contributed by atoms with Crippen LogP contribution in [0.2, 0.25) is 0 Å². The van der Waals surface area contributed by atoms with Crippen molar-refractivity contribution < 1.29 is 9.94 Å². The minimum atomic E-state index is 0.595. The average molecular weight is 235 g/mol. The topological polar surface area (TPSA) is 41.8 Å². The molecule has 94 valence electrons. The van der Waals surface area contributed by atoms with Crippen LogP contribution < -0.4 is 4.74 Å². The monoisotopic (exact) mass is 235 g/mol. The summed E-state index contributed by atoms with van der Waals surface area (Å²) < 4.78 is 5.75. The molecule has 1 aromatic carbocycles. The maximum atomic E-state index is 8.72. The Labute approximate surface area is 103 Å². The second-order valence-electron chi connectivity index (χ2n) is 4.21. The smallest absolute Gasteiger partial charge is 0.119 e. The van der Waals surface area contributed by atoms with Gasteiger partial charge in [-0.1, -0.05) is 44.0 Å². The van der Waals surface area contributed by atoms with Crippen LogP contribution in [-0.2, 0) is 0 Å². The highest BCUT2D eigenvalue weighted by molar-refractivity contribution is 5.98. The van der Waals surface area contributed by atoms with Crippen molar-refractivity contribution in [1.29, 1.82) is 0 Å². The minimum Gasteiger partial charge on any atom is -0.493 e. The van der Waals surface area contributed by atoms with Gasteiger partial charge >= 0.3 is 0 Å². The van der Waals surface area contributed by atoms with Gasteiger partial charge in [0.1, 0.15) is 5.75 Å². The quantitative estimate of drug-likeness (QED) is 0.464. The van der Waals surface area contributed by atoms with Gasteiger partial charge in [0.25, 0.3) is 0 Å². The van der Waals surface area contributed by atoms with E-state index in [4.69, 9.17) is 9.94 Å². The first kappa shape index (κ1) is 13.6. The molecular weight excluding hydrogens is 214 g/mol. The minimum absolute atomic E-state index is 0.595. The molecule has 0 radical (unpaired) electrons. The van der Waals surface area contributed by atoms with E-state index in [1.807, 2.05) is 24.3 Å². The molecule has 0 saturated heterocycles. The van der Waals surface area contributed by atoms with E-state index in [0.29, 0.717) is 11.6 Å². The van der Waals surface area contributed by atoms with Crippen LogP contribution in [0.4, 0.5) is 0 Å². The highest BCUT2D eigenvalue weighted by Gasteiger charge is 2.05. The average Bonchev–Trinajstić information content (AvgIpc) is 2.39. The molecule has 0 unspecified atom stereocenters. The normalized spacial score (nSPS) is 11.9. The van der Waals surface area contributed by atoms with Crippen LogP contribution in [0.5, 0.6) is 5.75 Å². The molecular formula is C14H21NO2. The lowest BCUT2D eigenvalue weighted by Crippen LogP contribution is -2.10. The van der Waals surface area contributed by atoms with Crippen LogP contribution in [0, 0.1) is 5.92 Å². The van der Waals surface area contributed by atoms with Crippen molar-refractivity contribution in [3.8, 4) is 5.75 Å². The van der Waals surface area contributed by atoms with E-state index in [1.54, 1.807) is 6.92 Å². The molecule has 3 heteroatoms. The van der Waals surface area contributed by atoms with Gasteiger partial charge in [-0.15, -0.1) is 0 Å². The number of oxime groups is 1. The van der Waals surface area contributed by atoms with Gasteiger partial charge in [0.2, 0.25) is 0 Å². The van der Waals surface area contributed by atoms with Crippen molar-refractivity contribution in [2.24, 2.45) is 11.1 Å². The van der Waals surface area contributed by atoms with Gasteiger partial charge in [-0.05, 0) is 25.0 Å². The van der Waals surface area contributed by atoms with Gasteiger partial charge in [-0.3, -0.25) is 0 Å². The molecule has 1 N–H and O–H groups in total. The summed E-state index contributed by atoms with van der Waals surface area (Å²) in [6.45, 7) is 6.86. The molecule has 0 bridgehead atoms. The van der Waals surface area contributed by atoms with E-state index in [0.717, 1.165) is 30.8 Å². The number of rotatable bonds is 6. The number of hydrogen-bond acceptors (Lipinski definition) is 3. The standard InChI is InChI=1S/C14H21NO2/c1-4-12(5-2)10-17-14-8-6-7-13(9-14)11(3)15-16/h6-9,12,16H,4-5,10H2,1-3H3/b15-11+. The largest absolute Gasteiger partial charge is 0.493 e. The second-order valence-corrected chi connectivity index (χ2v) is 4.21. The van der Waals surface area contributed by atoms with Crippen molar-refractivity contribution >= 4 is 5.71 Å². The van der Waals surface area contributed by atoms with Crippen LogP contribution in [0.25, 0.3) is 0 Å². The molecule has 0 heterocycles. The lowest BCUT2D eigenvalue weighted by molar-refractivity contribution is 0.240. The summed E-state index contributed by atoms with van der Waals surface area (Å²) >= 11 is 0. The molecule has 0 aliphatic heterocycles. The van der Waals surface area contributed by atoms with Crippen molar-refractivity contribution in [2.45, 2.75) is 33.6 Å². The molecule has 0 aromatic heterocycles. The highest BCUT2D eigenvalue weighted by Crippen LogP contribution is 2.16. The molecule has 1 aromatic rings. The first-order valence-corrected chi connectivity index (χ1v) is 6.13. The number of benzene rings is 1. The van der Waals surface area contributed by atoms with E-state index in [-0.39, 0.29) is 0 Å². The predicted molar refractivity (Wildman–Crippen MR) is 70.0 cm³/mol. The summed E-state index contributed by atoms with van der Waals surface area (Å²) in [5.41, 5.74) is 1.48. The molecule has 0 spiro atoms. The molecule has 0 fully saturated rings. The first-order valence-electron chi connectivity index (χ1n) is 6.13. The van der Waals surface area contributed by atoms with Crippen molar-refractivity contribution in [3.63, 3.8) is 0 Å². The Balaban J connectivity index is 2.66. The zero-order valence-corrected chi connectivity index (χ0v) is 10.8. The molecule has 0 aliphatic carbocycles. The van der Waals surface area contributed by atoms with Gasteiger partial charge in [0.15, 0.2) is 0 Å². The zero-order valence-electron chi connectivity index (χ0n) is 10.8. The predicted octanol–water partition coefficient (Wildman–Crippen LogP) is 3.70. The molecule has 1 rings (SSSR count). The van der Waals surface area contributed by atoms with Gasteiger partial charge in [0.05, 0.1) is 12.3 Å². The summed E-state index contributed by atoms with van der Waals surface area (Å²) in [6, 6.07) is 7.64. The maximum absolute atomic E-state index is 8.72. The van der Waals surface area contributed by atoms with E-state index in [9.17, 15) is 0 Å². The van der Waals surface area contributed by atoms with Crippen LogP contribution in [-0.4, -0.2) is 17.5 Å². The fourth-order valence-electron chi connectivity index (χ4n) is 1.61. The highest BCUT2D eigenvalue weighted by atomic mass is 16.5. The molecule has 0 atom stereocenters. The third-order valence-corrected chi connectivity index (χ3v) is 3.04. The summed E-state index contributed by atoms with van der Waals surface area (Å²) in [5.74, 6) is 1.43. The number of ether oxygens (including phenoxy) is 1. The Hall–Kier alpha value is -1.51. The Bertz CT molecular complexity index is 370. The molecule has 17 heavy (non-hydrogen) atoms. The maximum Gasteiger partial charge on any atom is 0.119 e. The summed E-state index contributed by atoms with van der Waals surface area (Å²) in [4.78, 5) is 0. The van der Waals surface area contributed by atoms with E-state index >= 15 is 0 Å². The number of nitrogens with zero attached hydrogens (tertiary/aromatic N) is 1. The summed E-state index contributed by atoms with van der Waals surface area (Å²) in [5, 5.41) is 11.9. The molecule has 0 aliphatic rings. The Kier molecular flexibility index (Phi) is 5.53. The lowest BCUT2D eigenvalue weighted by atomic mass is 10.1. The van der Waals surface area contributed by atoms with E-state index in [1.165, 1.54) is 0 Å². The van der Waals surface area contributed by atoms with E-state index < -0.39 is 0 Å². The van der Waals surface area contributed by atoms with Crippen LogP contribution in [0.1, 0.15) is 39.2 Å². The van der Waals surface area contributed by atoms with Gasteiger partial charge < -0.3 is 9.94 Å². The SMILES string of the molecule is CCC(CC)COc1cccc(/C(C)=N/O)c1. The van der Waals surface area contributed by atoms with Crippen molar-refractivity contribution in [2.75, 3.05) is 6.61 Å². The second kappa shape index (κ2) is 6.94. The first-order chi connectivity index (χ1) is 8.21. The van der Waals surface area contributed by atoms with Crippen LogP contribution >= 0.6 is 0 Å². The van der Waals surface area contributed by atoms with E-state index in [2.05, 4.69) is 19.0 Å². The number of hydrogen-bond donors (Lipinski definition) is 1. The van der Waals surface area contributed by atoms with Gasteiger partial charge in [-0.2, -0.15) is 0 Å².